The highest BCUT2D eigenvalue weighted by Crippen LogP contribution is 2.13. The maximum absolute atomic E-state index is 5.05. The lowest BCUT2D eigenvalue weighted by Gasteiger charge is -2.00. The molecule has 2 aromatic rings. The van der Waals surface area contributed by atoms with Crippen molar-refractivity contribution in [2.75, 3.05) is 7.11 Å². The minimum Gasteiger partial charge on any atom is -0.497 e. The number of benzene rings is 1. The zero-order chi connectivity index (χ0) is 9.80. The van der Waals surface area contributed by atoms with Crippen LogP contribution in [0.3, 0.4) is 0 Å². The molecular formula is C10H10N2O2. The van der Waals surface area contributed by atoms with Crippen LogP contribution in [0.2, 0.25) is 0 Å². The van der Waals surface area contributed by atoms with Crippen LogP contribution in [-0.2, 0) is 6.42 Å². The van der Waals surface area contributed by atoms with E-state index < -0.39 is 0 Å². The second-order valence-electron chi connectivity index (χ2n) is 2.86. The maximum atomic E-state index is 5.05. The molecule has 4 heteroatoms. The molecule has 0 aliphatic carbocycles. The Labute approximate surface area is 81.5 Å². The Bertz CT molecular complexity index is 381. The Hall–Kier alpha value is -1.84. The van der Waals surface area contributed by atoms with E-state index in [0.29, 0.717) is 12.3 Å². The van der Waals surface area contributed by atoms with E-state index in [-0.39, 0.29) is 0 Å². The van der Waals surface area contributed by atoms with E-state index in [0.717, 1.165) is 11.3 Å². The smallest absolute Gasteiger partial charge is 0.220 e. The fraction of sp³-hybridized carbons (Fsp3) is 0.200. The van der Waals surface area contributed by atoms with Gasteiger partial charge >= 0.3 is 0 Å². The first-order valence-corrected chi connectivity index (χ1v) is 4.26. The van der Waals surface area contributed by atoms with E-state index in [2.05, 4.69) is 10.2 Å². The van der Waals surface area contributed by atoms with E-state index in [4.69, 9.17) is 9.15 Å². The third-order valence-electron chi connectivity index (χ3n) is 1.92. The van der Waals surface area contributed by atoms with Crippen molar-refractivity contribution in [3.05, 3.63) is 42.1 Å². The second kappa shape index (κ2) is 3.91. The Morgan fingerprint density at radius 3 is 2.64 bits per heavy atom. The largest absolute Gasteiger partial charge is 0.497 e. The normalized spacial score (nSPS) is 10.1. The van der Waals surface area contributed by atoms with E-state index in [1.807, 2.05) is 24.3 Å². The van der Waals surface area contributed by atoms with Crippen LogP contribution < -0.4 is 4.74 Å². The summed E-state index contributed by atoms with van der Waals surface area (Å²) in [5.74, 6) is 1.47. The predicted octanol–water partition coefficient (Wildman–Crippen LogP) is 1.67. The summed E-state index contributed by atoms with van der Waals surface area (Å²) in [6.45, 7) is 0. The number of hydrogen-bond acceptors (Lipinski definition) is 4. The number of rotatable bonds is 3. The molecule has 0 atom stereocenters. The molecule has 0 spiro atoms. The van der Waals surface area contributed by atoms with Crippen LogP contribution in [0, 0.1) is 0 Å². The van der Waals surface area contributed by atoms with Gasteiger partial charge in [-0.1, -0.05) is 12.1 Å². The van der Waals surface area contributed by atoms with Crippen LogP contribution in [0.5, 0.6) is 5.75 Å². The maximum Gasteiger partial charge on any atom is 0.220 e. The van der Waals surface area contributed by atoms with Gasteiger partial charge in [0, 0.05) is 0 Å². The molecule has 0 N–H and O–H groups in total. The van der Waals surface area contributed by atoms with E-state index in [1.54, 1.807) is 7.11 Å². The van der Waals surface area contributed by atoms with Crippen LogP contribution in [0.4, 0.5) is 0 Å². The van der Waals surface area contributed by atoms with Crippen LogP contribution in [-0.4, -0.2) is 17.3 Å². The van der Waals surface area contributed by atoms with Gasteiger partial charge in [-0.25, -0.2) is 0 Å². The number of hydrogen-bond donors (Lipinski definition) is 0. The molecule has 1 heterocycles. The molecule has 0 amide bonds. The Balaban J connectivity index is 2.10. The number of methoxy groups -OCH3 is 1. The van der Waals surface area contributed by atoms with Crippen LogP contribution in [0.15, 0.2) is 35.1 Å². The highest BCUT2D eigenvalue weighted by atomic mass is 16.5. The molecule has 0 bridgehead atoms. The summed E-state index contributed by atoms with van der Waals surface area (Å²) in [4.78, 5) is 0. The molecule has 0 saturated heterocycles. The first-order chi connectivity index (χ1) is 6.88. The summed E-state index contributed by atoms with van der Waals surface area (Å²) in [6, 6.07) is 7.77. The molecule has 2 rings (SSSR count). The molecule has 0 fully saturated rings. The van der Waals surface area contributed by atoms with Crippen molar-refractivity contribution in [1.82, 2.24) is 10.2 Å². The molecule has 1 aromatic heterocycles. The monoisotopic (exact) mass is 190 g/mol. The van der Waals surface area contributed by atoms with Gasteiger partial charge in [0.2, 0.25) is 12.3 Å². The lowest BCUT2D eigenvalue weighted by Crippen LogP contribution is -1.89. The molecular weight excluding hydrogens is 180 g/mol. The second-order valence-corrected chi connectivity index (χ2v) is 2.86. The molecule has 0 saturated carbocycles. The van der Waals surface area contributed by atoms with Crippen molar-refractivity contribution in [3.8, 4) is 5.75 Å². The van der Waals surface area contributed by atoms with E-state index in [1.165, 1.54) is 6.39 Å². The van der Waals surface area contributed by atoms with Crippen molar-refractivity contribution in [3.63, 3.8) is 0 Å². The van der Waals surface area contributed by atoms with Gasteiger partial charge in [0.1, 0.15) is 5.75 Å². The molecule has 72 valence electrons. The van der Waals surface area contributed by atoms with Crippen LogP contribution in [0.25, 0.3) is 0 Å². The fourth-order valence-corrected chi connectivity index (χ4v) is 1.19. The zero-order valence-corrected chi connectivity index (χ0v) is 7.80. The molecule has 14 heavy (non-hydrogen) atoms. The van der Waals surface area contributed by atoms with Crippen LogP contribution >= 0.6 is 0 Å². The molecule has 0 unspecified atom stereocenters. The van der Waals surface area contributed by atoms with Gasteiger partial charge in [0.05, 0.1) is 13.5 Å². The SMILES string of the molecule is COc1ccc(Cc2nnco2)cc1. The standard InChI is InChI=1S/C10H10N2O2/c1-13-9-4-2-8(3-5-9)6-10-12-11-7-14-10/h2-5,7H,6H2,1H3. The number of ether oxygens (including phenoxy) is 1. The summed E-state index contributed by atoms with van der Waals surface area (Å²) in [5, 5.41) is 7.42. The third kappa shape index (κ3) is 1.90. The van der Waals surface area contributed by atoms with Crippen molar-refractivity contribution >= 4 is 0 Å². The van der Waals surface area contributed by atoms with Crippen molar-refractivity contribution < 1.29 is 9.15 Å². The zero-order valence-electron chi connectivity index (χ0n) is 7.80. The topological polar surface area (TPSA) is 48.2 Å². The Morgan fingerprint density at radius 2 is 2.07 bits per heavy atom. The summed E-state index contributed by atoms with van der Waals surface area (Å²) < 4.78 is 10.1. The van der Waals surface area contributed by atoms with Gasteiger partial charge < -0.3 is 9.15 Å². The third-order valence-corrected chi connectivity index (χ3v) is 1.92. The minimum atomic E-state index is 0.621. The summed E-state index contributed by atoms with van der Waals surface area (Å²) >= 11 is 0. The highest BCUT2D eigenvalue weighted by molar-refractivity contribution is 5.28. The number of nitrogens with zero attached hydrogens (tertiary/aromatic N) is 2. The molecule has 1 aromatic carbocycles. The minimum absolute atomic E-state index is 0.621. The molecule has 0 radical (unpaired) electrons. The Kier molecular flexibility index (Phi) is 2.44. The van der Waals surface area contributed by atoms with Crippen molar-refractivity contribution in [2.45, 2.75) is 6.42 Å². The van der Waals surface area contributed by atoms with E-state index in [9.17, 15) is 0 Å². The quantitative estimate of drug-likeness (QED) is 0.738. The van der Waals surface area contributed by atoms with Crippen LogP contribution in [0.1, 0.15) is 11.5 Å². The van der Waals surface area contributed by atoms with Crippen molar-refractivity contribution in [2.24, 2.45) is 0 Å². The summed E-state index contributed by atoms with van der Waals surface area (Å²) in [6.07, 6.45) is 1.99. The first-order valence-electron chi connectivity index (χ1n) is 4.26. The lowest BCUT2D eigenvalue weighted by molar-refractivity contribution is 0.414. The van der Waals surface area contributed by atoms with Gasteiger partial charge in [-0.15, -0.1) is 10.2 Å². The fourth-order valence-electron chi connectivity index (χ4n) is 1.19. The van der Waals surface area contributed by atoms with E-state index >= 15 is 0 Å². The first kappa shape index (κ1) is 8.74. The van der Waals surface area contributed by atoms with Gasteiger partial charge in [0.25, 0.3) is 0 Å². The van der Waals surface area contributed by atoms with Gasteiger partial charge in [-0.05, 0) is 17.7 Å². The number of aromatic nitrogens is 2. The predicted molar refractivity (Wildman–Crippen MR) is 50.1 cm³/mol. The molecule has 4 nitrogen and oxygen atoms in total. The van der Waals surface area contributed by atoms with Gasteiger partial charge in [-0.3, -0.25) is 0 Å². The van der Waals surface area contributed by atoms with Crippen molar-refractivity contribution in [1.29, 1.82) is 0 Å². The van der Waals surface area contributed by atoms with Gasteiger partial charge in [-0.2, -0.15) is 0 Å². The summed E-state index contributed by atoms with van der Waals surface area (Å²) in [5.41, 5.74) is 1.12. The highest BCUT2D eigenvalue weighted by Gasteiger charge is 2.00. The molecule has 0 aliphatic heterocycles. The summed E-state index contributed by atoms with van der Waals surface area (Å²) in [7, 11) is 1.65. The Morgan fingerprint density at radius 1 is 1.29 bits per heavy atom. The average Bonchev–Trinajstić information content (AvgIpc) is 2.72. The molecule has 0 aliphatic rings. The lowest BCUT2D eigenvalue weighted by atomic mass is 10.1. The average molecular weight is 190 g/mol. The van der Waals surface area contributed by atoms with Gasteiger partial charge in [0.15, 0.2) is 0 Å².